The van der Waals surface area contributed by atoms with Crippen molar-refractivity contribution >= 4 is 28.7 Å². The molecule has 0 saturated heterocycles. The molecule has 0 unspecified atom stereocenters. The fraction of sp³-hybridized carbons (Fsp3) is 0.357. The molecule has 0 aliphatic heterocycles. The van der Waals surface area contributed by atoms with Gasteiger partial charge in [-0.15, -0.1) is 11.3 Å². The quantitative estimate of drug-likeness (QED) is 0.797. The number of carbonyl (C=O) groups excluding carboxylic acids is 1. The van der Waals surface area contributed by atoms with Gasteiger partial charge in [0.25, 0.3) is 0 Å². The zero-order valence-electron chi connectivity index (χ0n) is 10.7. The average molecular weight is 293 g/mol. The summed E-state index contributed by atoms with van der Waals surface area (Å²) in [4.78, 5) is 21.8. The molecule has 2 aromatic rings. The molecule has 3 nitrogen and oxygen atoms in total. The maximum Gasteiger partial charge on any atom is 0.169 e. The number of hydrogen-bond donors (Lipinski definition) is 0. The topological polar surface area (TPSA) is 42.9 Å². The fourth-order valence-electron chi connectivity index (χ4n) is 2.38. The highest BCUT2D eigenvalue weighted by atomic mass is 35.5. The molecule has 1 aliphatic rings. The van der Waals surface area contributed by atoms with Crippen LogP contribution in [0.1, 0.15) is 36.3 Å². The average Bonchev–Trinajstić information content (AvgIpc) is 2.73. The molecule has 3 rings (SSSR count). The maximum absolute atomic E-state index is 12.1. The second-order valence-corrected chi connectivity index (χ2v) is 7.31. The third kappa shape index (κ3) is 2.42. The Kier molecular flexibility index (Phi) is 2.95. The number of rotatable bonds is 1. The van der Waals surface area contributed by atoms with Gasteiger partial charge in [0.1, 0.15) is 0 Å². The van der Waals surface area contributed by atoms with E-state index in [1.165, 1.54) is 11.3 Å². The van der Waals surface area contributed by atoms with Gasteiger partial charge in [0, 0.05) is 12.6 Å². The summed E-state index contributed by atoms with van der Waals surface area (Å²) < 4.78 is 0.715. The Morgan fingerprint density at radius 1 is 1.32 bits per heavy atom. The van der Waals surface area contributed by atoms with Crippen LogP contribution in [0, 0.1) is 5.41 Å². The summed E-state index contributed by atoms with van der Waals surface area (Å²) in [6.07, 6.45) is 3.03. The van der Waals surface area contributed by atoms with E-state index in [0.29, 0.717) is 22.1 Å². The number of hydrogen-bond acceptors (Lipinski definition) is 4. The summed E-state index contributed by atoms with van der Waals surface area (Å²) in [5.74, 6) is 0.795. The Balaban J connectivity index is 2.06. The van der Waals surface area contributed by atoms with Gasteiger partial charge in [0.05, 0.1) is 20.5 Å². The van der Waals surface area contributed by atoms with Gasteiger partial charge in [-0.3, -0.25) is 4.79 Å². The van der Waals surface area contributed by atoms with Crippen LogP contribution in [0.25, 0.3) is 10.7 Å². The van der Waals surface area contributed by atoms with Gasteiger partial charge < -0.3 is 0 Å². The lowest BCUT2D eigenvalue weighted by atomic mass is 9.76. The summed E-state index contributed by atoms with van der Waals surface area (Å²) in [5, 5.41) is 0. The SMILES string of the molecule is CC1(C)CC(=O)c2cnc(-c3ccc(Cl)s3)nc2C1. The van der Waals surface area contributed by atoms with Crippen LogP contribution in [0.2, 0.25) is 4.34 Å². The predicted octanol–water partition coefficient (Wildman–Crippen LogP) is 4.01. The van der Waals surface area contributed by atoms with E-state index in [2.05, 4.69) is 23.8 Å². The van der Waals surface area contributed by atoms with Crippen LogP contribution < -0.4 is 0 Å². The molecule has 2 aromatic heterocycles. The Hall–Kier alpha value is -1.26. The van der Waals surface area contributed by atoms with E-state index in [1.54, 1.807) is 6.20 Å². The van der Waals surface area contributed by atoms with Crippen molar-refractivity contribution < 1.29 is 4.79 Å². The Morgan fingerprint density at radius 3 is 2.79 bits per heavy atom. The highest BCUT2D eigenvalue weighted by Crippen LogP contribution is 2.35. The normalized spacial score (nSPS) is 17.3. The lowest BCUT2D eigenvalue weighted by molar-refractivity contribution is 0.0910. The Labute approximate surface area is 120 Å². The van der Waals surface area contributed by atoms with Crippen LogP contribution >= 0.6 is 22.9 Å². The fourth-order valence-corrected chi connectivity index (χ4v) is 3.37. The van der Waals surface area contributed by atoms with Crippen molar-refractivity contribution in [2.24, 2.45) is 5.41 Å². The van der Waals surface area contributed by atoms with Crippen LogP contribution in [0.4, 0.5) is 0 Å². The Morgan fingerprint density at radius 2 is 2.11 bits per heavy atom. The molecule has 2 heterocycles. The number of ketones is 1. The highest BCUT2D eigenvalue weighted by molar-refractivity contribution is 7.19. The van der Waals surface area contributed by atoms with Crippen LogP contribution in [0.15, 0.2) is 18.3 Å². The number of Topliss-reactive ketones (excluding diaryl/α,β-unsaturated/α-hetero) is 1. The molecule has 0 spiro atoms. The summed E-state index contributed by atoms with van der Waals surface area (Å²) in [6, 6.07) is 3.74. The molecule has 0 bridgehead atoms. The van der Waals surface area contributed by atoms with E-state index in [9.17, 15) is 4.79 Å². The van der Waals surface area contributed by atoms with Gasteiger partial charge in [-0.25, -0.2) is 9.97 Å². The lowest BCUT2D eigenvalue weighted by Crippen LogP contribution is -2.28. The first-order chi connectivity index (χ1) is 8.94. The van der Waals surface area contributed by atoms with Crippen molar-refractivity contribution in [3.05, 3.63) is 33.9 Å². The van der Waals surface area contributed by atoms with Gasteiger partial charge in [-0.1, -0.05) is 25.4 Å². The van der Waals surface area contributed by atoms with Gasteiger partial charge in [-0.2, -0.15) is 0 Å². The summed E-state index contributed by atoms with van der Waals surface area (Å²) >= 11 is 7.38. The number of aromatic nitrogens is 2. The third-order valence-corrected chi connectivity index (χ3v) is 4.47. The largest absolute Gasteiger partial charge is 0.294 e. The van der Waals surface area contributed by atoms with Crippen LogP contribution in [0.3, 0.4) is 0 Å². The minimum atomic E-state index is -0.0250. The molecule has 98 valence electrons. The number of nitrogens with zero attached hydrogens (tertiary/aromatic N) is 2. The number of fused-ring (bicyclic) bond motifs is 1. The zero-order chi connectivity index (χ0) is 13.6. The maximum atomic E-state index is 12.1. The van der Waals surface area contributed by atoms with Gasteiger partial charge >= 0.3 is 0 Å². The van der Waals surface area contributed by atoms with E-state index < -0.39 is 0 Å². The third-order valence-electron chi connectivity index (χ3n) is 3.25. The molecule has 0 atom stereocenters. The molecule has 0 aromatic carbocycles. The standard InChI is InChI=1S/C14H13ClN2OS/c1-14(2)5-9-8(10(18)6-14)7-16-13(17-9)11-3-4-12(15)19-11/h3-4,7H,5-6H2,1-2H3. The van der Waals surface area contributed by atoms with Crippen molar-refractivity contribution in [1.29, 1.82) is 0 Å². The summed E-state index contributed by atoms with van der Waals surface area (Å²) in [7, 11) is 0. The smallest absolute Gasteiger partial charge is 0.169 e. The first-order valence-electron chi connectivity index (χ1n) is 6.09. The molecule has 0 amide bonds. The highest BCUT2D eigenvalue weighted by Gasteiger charge is 2.32. The van der Waals surface area contributed by atoms with E-state index in [-0.39, 0.29) is 11.2 Å². The van der Waals surface area contributed by atoms with E-state index in [4.69, 9.17) is 11.6 Å². The molecular weight excluding hydrogens is 280 g/mol. The molecule has 0 radical (unpaired) electrons. The predicted molar refractivity (Wildman–Crippen MR) is 76.8 cm³/mol. The number of thiophene rings is 1. The second kappa shape index (κ2) is 4.39. The molecule has 1 aliphatic carbocycles. The minimum Gasteiger partial charge on any atom is -0.294 e. The molecule has 19 heavy (non-hydrogen) atoms. The monoisotopic (exact) mass is 292 g/mol. The van der Waals surface area contributed by atoms with Crippen LogP contribution in [-0.4, -0.2) is 15.8 Å². The number of carbonyl (C=O) groups is 1. The van der Waals surface area contributed by atoms with Crippen molar-refractivity contribution in [2.45, 2.75) is 26.7 Å². The molecule has 5 heteroatoms. The first-order valence-corrected chi connectivity index (χ1v) is 7.29. The van der Waals surface area contributed by atoms with Crippen LogP contribution in [0.5, 0.6) is 0 Å². The minimum absolute atomic E-state index is 0.0250. The molecule has 0 saturated carbocycles. The van der Waals surface area contributed by atoms with Crippen LogP contribution in [-0.2, 0) is 6.42 Å². The zero-order valence-corrected chi connectivity index (χ0v) is 12.3. The molecular formula is C14H13ClN2OS. The van der Waals surface area contributed by atoms with Gasteiger partial charge in [-0.05, 0) is 24.0 Å². The van der Waals surface area contributed by atoms with E-state index in [1.807, 2.05) is 12.1 Å². The van der Waals surface area contributed by atoms with Crippen molar-refractivity contribution in [3.8, 4) is 10.7 Å². The lowest BCUT2D eigenvalue weighted by Gasteiger charge is -2.29. The van der Waals surface area contributed by atoms with E-state index in [0.717, 1.165) is 17.0 Å². The van der Waals surface area contributed by atoms with Crippen molar-refractivity contribution in [1.82, 2.24) is 9.97 Å². The van der Waals surface area contributed by atoms with E-state index >= 15 is 0 Å². The second-order valence-electron chi connectivity index (χ2n) is 5.60. The summed E-state index contributed by atoms with van der Waals surface area (Å²) in [6.45, 7) is 4.19. The van der Waals surface area contributed by atoms with Gasteiger partial charge in [0.15, 0.2) is 11.6 Å². The van der Waals surface area contributed by atoms with Crippen molar-refractivity contribution in [3.63, 3.8) is 0 Å². The van der Waals surface area contributed by atoms with Crippen molar-refractivity contribution in [2.75, 3.05) is 0 Å². The molecule has 0 fully saturated rings. The number of halogens is 1. The Bertz CT molecular complexity index is 663. The first kappa shape index (κ1) is 12.8. The summed E-state index contributed by atoms with van der Waals surface area (Å²) in [5.41, 5.74) is 1.50. The molecule has 0 N–H and O–H groups in total. The van der Waals surface area contributed by atoms with Gasteiger partial charge in [0.2, 0.25) is 0 Å².